The molecule has 1 amide bonds. The zero-order chi connectivity index (χ0) is 34.0. The average Bonchev–Trinajstić information content (AvgIpc) is 3.64. The Labute approximate surface area is 287 Å². The van der Waals surface area contributed by atoms with E-state index in [-0.39, 0.29) is 18.6 Å². The zero-order valence-corrected chi connectivity index (χ0v) is 30.7. The van der Waals surface area contributed by atoms with Gasteiger partial charge in [0.05, 0.1) is 19.3 Å². The van der Waals surface area contributed by atoms with Gasteiger partial charge in [-0.15, -0.1) is 11.3 Å². The molecule has 0 spiro atoms. The fourth-order valence-electron chi connectivity index (χ4n) is 8.95. The van der Waals surface area contributed by atoms with E-state index in [0.29, 0.717) is 41.7 Å². The number of likely N-dealkylation sites (N-methyl/N-ethyl adjacent to an activating group) is 1. The summed E-state index contributed by atoms with van der Waals surface area (Å²) >= 11 is 1.81. The Kier molecular flexibility index (Phi) is 11.9. The first-order chi connectivity index (χ1) is 22.3. The van der Waals surface area contributed by atoms with Crippen molar-refractivity contribution < 1.29 is 19.8 Å². The van der Waals surface area contributed by atoms with Gasteiger partial charge in [-0.05, 0) is 91.9 Å². The third kappa shape index (κ3) is 8.31. The van der Waals surface area contributed by atoms with E-state index in [1.165, 1.54) is 16.9 Å². The van der Waals surface area contributed by atoms with Crippen LogP contribution in [0.5, 0.6) is 0 Å². The molecule has 1 aromatic carbocycles. The smallest absolute Gasteiger partial charge is 0.240 e. The number of hydrogen-bond acceptors (Lipinski definition) is 8. The van der Waals surface area contributed by atoms with Gasteiger partial charge in [0.25, 0.3) is 0 Å². The van der Waals surface area contributed by atoms with E-state index in [2.05, 4.69) is 106 Å². The number of nitrogens with zero attached hydrogens (tertiary/aromatic N) is 3. The van der Waals surface area contributed by atoms with Gasteiger partial charge in [-0.3, -0.25) is 14.5 Å². The summed E-state index contributed by atoms with van der Waals surface area (Å²) in [7, 11) is 4.30. The number of nitrogens with one attached hydrogen (secondary N) is 1. The molecule has 9 atom stereocenters. The first kappa shape index (κ1) is 36.4. The second-order valence-corrected chi connectivity index (χ2v) is 17.1. The maximum atomic E-state index is 14.1. The normalized spacial score (nSPS) is 30.1. The Bertz CT molecular complexity index is 1290. The lowest BCUT2D eigenvalue weighted by molar-refractivity contribution is -0.183. The number of rotatable bonds is 15. The summed E-state index contributed by atoms with van der Waals surface area (Å²) in [6.07, 6.45) is 1.90. The van der Waals surface area contributed by atoms with Crippen LogP contribution in [0, 0.1) is 35.0 Å². The van der Waals surface area contributed by atoms with Crippen LogP contribution in [0.3, 0.4) is 0 Å². The summed E-state index contributed by atoms with van der Waals surface area (Å²) in [5.74, 6) is 1.58. The van der Waals surface area contributed by atoms with Gasteiger partial charge in [0.15, 0.2) is 0 Å². The number of hydrogen-bond donors (Lipinski definition) is 3. The van der Waals surface area contributed by atoms with Gasteiger partial charge in [0, 0.05) is 42.5 Å². The SMILES string of the molecule is CC(C)C[C@@H](CN(C)C)N(Cc1cccc(CN2O[C@@H](CO)[C@@H]([C@H](C)O)[C@H]2C(=O)N[C@H]2C[C@@H]3C[C@H]([C@@H]2C)C3(C)C)c1)Cc1cccs1. The van der Waals surface area contributed by atoms with Crippen molar-refractivity contribution in [1.29, 1.82) is 0 Å². The highest BCUT2D eigenvalue weighted by Gasteiger charge is 2.57. The van der Waals surface area contributed by atoms with E-state index < -0.39 is 24.2 Å². The Balaban J connectivity index is 1.34. The summed E-state index contributed by atoms with van der Waals surface area (Å²) in [6.45, 7) is 16.1. The van der Waals surface area contributed by atoms with E-state index in [1.807, 2.05) is 0 Å². The summed E-state index contributed by atoms with van der Waals surface area (Å²) < 4.78 is 0. The highest BCUT2D eigenvalue weighted by molar-refractivity contribution is 7.09. The maximum Gasteiger partial charge on any atom is 0.240 e. The molecule has 4 fully saturated rings. The van der Waals surface area contributed by atoms with E-state index in [0.717, 1.165) is 38.0 Å². The summed E-state index contributed by atoms with van der Waals surface area (Å²) in [6, 6.07) is 12.8. The second kappa shape index (κ2) is 15.4. The molecule has 2 aromatic rings. The van der Waals surface area contributed by atoms with Gasteiger partial charge in [-0.25, -0.2) is 0 Å². The number of hydroxylamine groups is 2. The molecular formula is C38H60N4O4S. The lowest BCUT2D eigenvalue weighted by Crippen LogP contribution is -2.62. The lowest BCUT2D eigenvalue weighted by atomic mass is 9.45. The van der Waals surface area contributed by atoms with E-state index in [1.54, 1.807) is 23.3 Å². The van der Waals surface area contributed by atoms with Crippen molar-refractivity contribution in [2.75, 3.05) is 27.2 Å². The van der Waals surface area contributed by atoms with Crippen molar-refractivity contribution in [2.24, 2.45) is 35.0 Å². The van der Waals surface area contributed by atoms with Crippen LogP contribution in [0.2, 0.25) is 0 Å². The summed E-state index contributed by atoms with van der Waals surface area (Å²) in [5, 5.41) is 28.4. The van der Waals surface area contributed by atoms with Crippen molar-refractivity contribution >= 4 is 17.2 Å². The van der Waals surface area contributed by atoms with Crippen LogP contribution >= 0.6 is 11.3 Å². The Hall–Kier alpha value is -1.85. The molecule has 1 saturated heterocycles. The molecule has 6 rings (SSSR count). The molecule has 4 aliphatic rings. The van der Waals surface area contributed by atoms with Crippen LogP contribution < -0.4 is 5.32 Å². The van der Waals surface area contributed by atoms with Gasteiger partial charge in [0.2, 0.25) is 5.91 Å². The van der Waals surface area contributed by atoms with Gasteiger partial charge in [0.1, 0.15) is 12.1 Å². The molecule has 3 saturated carbocycles. The molecule has 2 bridgehead atoms. The number of carbonyl (C=O) groups is 1. The molecule has 1 aliphatic heterocycles. The molecule has 3 N–H and O–H groups in total. The van der Waals surface area contributed by atoms with Crippen molar-refractivity contribution in [2.45, 2.75) is 111 Å². The number of amides is 1. The Morgan fingerprint density at radius 3 is 2.47 bits per heavy atom. The largest absolute Gasteiger partial charge is 0.394 e. The average molecular weight is 669 g/mol. The van der Waals surface area contributed by atoms with Crippen molar-refractivity contribution in [3.63, 3.8) is 0 Å². The molecular weight excluding hydrogens is 609 g/mol. The molecule has 262 valence electrons. The molecule has 0 unspecified atom stereocenters. The first-order valence-electron chi connectivity index (χ1n) is 17.8. The molecule has 2 heterocycles. The third-order valence-electron chi connectivity index (χ3n) is 11.6. The van der Waals surface area contributed by atoms with Crippen LogP contribution in [0.4, 0.5) is 0 Å². The van der Waals surface area contributed by atoms with Gasteiger partial charge < -0.3 is 20.4 Å². The Morgan fingerprint density at radius 2 is 1.87 bits per heavy atom. The number of aliphatic hydroxyl groups excluding tert-OH is 2. The molecule has 1 aromatic heterocycles. The molecule has 47 heavy (non-hydrogen) atoms. The van der Waals surface area contributed by atoms with E-state index in [9.17, 15) is 15.0 Å². The zero-order valence-electron chi connectivity index (χ0n) is 29.9. The van der Waals surface area contributed by atoms with E-state index in [4.69, 9.17) is 4.84 Å². The quantitative estimate of drug-likeness (QED) is 0.235. The minimum absolute atomic E-state index is 0.110. The van der Waals surface area contributed by atoms with Crippen LogP contribution in [0.1, 0.15) is 76.8 Å². The minimum atomic E-state index is -0.809. The van der Waals surface area contributed by atoms with Crippen LogP contribution in [0.25, 0.3) is 0 Å². The fourth-order valence-corrected chi connectivity index (χ4v) is 9.68. The van der Waals surface area contributed by atoms with Crippen LogP contribution in [-0.4, -0.2) is 88.6 Å². The first-order valence-corrected chi connectivity index (χ1v) is 18.7. The molecule has 0 radical (unpaired) electrons. The summed E-state index contributed by atoms with van der Waals surface area (Å²) in [5.41, 5.74) is 2.59. The maximum absolute atomic E-state index is 14.1. The topological polar surface area (TPSA) is 88.5 Å². The lowest BCUT2D eigenvalue weighted by Gasteiger charge is -2.62. The van der Waals surface area contributed by atoms with Crippen molar-refractivity contribution in [1.82, 2.24) is 20.2 Å². The second-order valence-electron chi connectivity index (χ2n) is 16.1. The standard InChI is InChI=1S/C38H60N4O4S/c1-24(2)15-30(21-40(7)8)41(22-31-13-10-14-47-31)19-27-11-9-12-28(16-27)20-42-36(35(26(4)44)34(23-43)46-42)37(45)39-33-18-29-17-32(25(33)3)38(29,5)6/h9-14,16,24-26,29-30,32-36,43-44H,15,17-23H2,1-8H3,(H,39,45)/t25-,26-,29-,30-,32+,33-,34-,35+,36-/m0/s1. The Morgan fingerprint density at radius 1 is 1.13 bits per heavy atom. The number of benzene rings is 1. The van der Waals surface area contributed by atoms with Gasteiger partial charge in [-0.1, -0.05) is 65.0 Å². The monoisotopic (exact) mass is 668 g/mol. The van der Waals surface area contributed by atoms with Crippen molar-refractivity contribution in [3.05, 3.63) is 57.8 Å². The predicted molar refractivity (Wildman–Crippen MR) is 189 cm³/mol. The number of aliphatic hydroxyl groups is 2. The number of carbonyl (C=O) groups excluding carboxylic acids is 1. The van der Waals surface area contributed by atoms with Crippen LogP contribution in [-0.2, 0) is 29.3 Å². The highest BCUT2D eigenvalue weighted by atomic mass is 32.1. The molecule has 3 aliphatic carbocycles. The minimum Gasteiger partial charge on any atom is -0.394 e. The molecule has 8 nitrogen and oxygen atoms in total. The summed E-state index contributed by atoms with van der Waals surface area (Å²) in [4.78, 5) is 26.6. The molecule has 9 heteroatoms. The van der Waals surface area contributed by atoms with Gasteiger partial charge >= 0.3 is 0 Å². The fraction of sp³-hybridized carbons (Fsp3) is 0.711. The van der Waals surface area contributed by atoms with Gasteiger partial charge in [-0.2, -0.15) is 5.06 Å². The third-order valence-corrected chi connectivity index (χ3v) is 12.4. The predicted octanol–water partition coefficient (Wildman–Crippen LogP) is 5.39. The van der Waals surface area contributed by atoms with E-state index >= 15 is 0 Å². The van der Waals surface area contributed by atoms with Crippen molar-refractivity contribution in [3.8, 4) is 0 Å². The van der Waals surface area contributed by atoms with Crippen LogP contribution in [0.15, 0.2) is 41.8 Å². The number of fused-ring (bicyclic) bond motifs is 2. The number of thiophene rings is 1. The highest BCUT2D eigenvalue weighted by Crippen LogP contribution is 2.61.